The van der Waals surface area contributed by atoms with E-state index in [1.165, 1.54) is 0 Å². The molecular formula is BI3. The summed E-state index contributed by atoms with van der Waals surface area (Å²) in [6.07, 6.45) is 0. The number of hydrogen-bond donors (Lipinski definition) is 0. The molecule has 0 nitrogen and oxygen atoms in total. The third kappa shape index (κ3) is 8.87. The van der Waals surface area contributed by atoms with Crippen molar-refractivity contribution in [3.05, 3.63) is 0 Å². The predicted molar refractivity (Wildman–Crippen MR) is 47.8 cm³/mol. The van der Waals surface area contributed by atoms with Gasteiger partial charge in [0, 0.05) is 0 Å². The molecule has 0 saturated heterocycles. The summed E-state index contributed by atoms with van der Waals surface area (Å²) in [4.78, 5) is 0. The second-order valence-corrected chi connectivity index (χ2v) is 23.7. The first-order chi connectivity index (χ1) is 1.73. The summed E-state index contributed by atoms with van der Waals surface area (Å²) in [6.45, 7) is 0. The van der Waals surface area contributed by atoms with Crippen molar-refractivity contribution in [1.82, 2.24) is 0 Å². The minimum absolute atomic E-state index is 0.823. The second-order valence-electron chi connectivity index (χ2n) is 0.219. The minimum atomic E-state index is -0.823. The maximum absolute atomic E-state index is 5.24. The van der Waals surface area contributed by atoms with E-state index in [1.807, 2.05) is 0 Å². The van der Waals surface area contributed by atoms with E-state index in [0.29, 0.717) is 0 Å². The van der Waals surface area contributed by atoms with Crippen LogP contribution in [-0.4, -0.2) is 5.70 Å². The first-order valence-corrected chi connectivity index (χ1v) is 14.3. The Labute approximate surface area is 53.4 Å². The molecule has 0 saturated carbocycles. The molecule has 0 aromatic heterocycles. The molecule has 0 aromatic carbocycles. The van der Waals surface area contributed by atoms with Gasteiger partial charge >= 0.3 is 54.6 Å². The Kier molecular flexibility index (Phi) is 5.39. The normalized spacial score (nSPS) is 11.0. The Balaban J connectivity index is 2.32. The summed E-state index contributed by atoms with van der Waals surface area (Å²) in [5.41, 5.74) is 5.24. The van der Waals surface area contributed by atoms with E-state index in [4.69, 9.17) is 5.70 Å². The number of rotatable bonds is 0. The molecule has 0 N–H and O–H groups in total. The molecule has 0 amide bonds. The van der Waals surface area contributed by atoms with Gasteiger partial charge in [-0.15, -0.1) is 0 Å². The summed E-state index contributed by atoms with van der Waals surface area (Å²) in [5, 5.41) is 0. The quantitative estimate of drug-likeness (QED) is 0.439. The Hall–Kier alpha value is 2.25. The van der Waals surface area contributed by atoms with Crippen LogP contribution in [0.25, 0.3) is 0 Å². The Morgan fingerprint density at radius 2 is 1.50 bits per heavy atom. The predicted octanol–water partition coefficient (Wildman–Crippen LogP) is 2.28. The van der Waals surface area contributed by atoms with Gasteiger partial charge in [-0.1, -0.05) is 0 Å². The SMILES string of the molecule is [B]I(I)I. The molecule has 4 heteroatoms. The fraction of sp³-hybridized carbons (Fsp3) is 0. The van der Waals surface area contributed by atoms with E-state index in [1.54, 1.807) is 0 Å². The van der Waals surface area contributed by atoms with E-state index < -0.39 is 11.7 Å². The fourth-order valence-corrected chi connectivity index (χ4v) is 0. The van der Waals surface area contributed by atoms with E-state index in [-0.39, 0.29) is 0 Å². The van der Waals surface area contributed by atoms with Crippen molar-refractivity contribution in [2.24, 2.45) is 0 Å². The van der Waals surface area contributed by atoms with Crippen molar-refractivity contribution in [1.29, 1.82) is 0 Å². The summed E-state index contributed by atoms with van der Waals surface area (Å²) >= 11 is 3.71. The summed E-state index contributed by atoms with van der Waals surface area (Å²) in [7, 11) is 0. The van der Waals surface area contributed by atoms with Crippen LogP contribution in [0.5, 0.6) is 0 Å². The van der Waals surface area contributed by atoms with Gasteiger partial charge in [-0.05, 0) is 0 Å². The van der Waals surface area contributed by atoms with Crippen molar-refractivity contribution in [2.75, 3.05) is 0 Å². The van der Waals surface area contributed by atoms with Gasteiger partial charge in [0.15, 0.2) is 0 Å². The first kappa shape index (κ1) is 6.25. The molecule has 0 spiro atoms. The fourth-order valence-electron chi connectivity index (χ4n) is 0. The van der Waals surface area contributed by atoms with Crippen LogP contribution >= 0.6 is 48.9 Å². The monoisotopic (exact) mass is 392 g/mol. The molecule has 0 aliphatic rings. The standard InChI is InChI=1S/BI3/c1-4(2)3. The molecule has 0 atom stereocenters. The zero-order chi connectivity index (χ0) is 3.58. The van der Waals surface area contributed by atoms with Gasteiger partial charge < -0.3 is 0 Å². The van der Waals surface area contributed by atoms with Crippen LogP contribution in [0.15, 0.2) is 0 Å². The van der Waals surface area contributed by atoms with Crippen molar-refractivity contribution >= 4 is 54.6 Å². The molecule has 0 unspecified atom stereocenters. The molecule has 0 aliphatic carbocycles. The Morgan fingerprint density at radius 1 is 1.50 bits per heavy atom. The van der Waals surface area contributed by atoms with Crippen LogP contribution in [0.4, 0.5) is 0 Å². The van der Waals surface area contributed by atoms with E-state index >= 15 is 0 Å². The van der Waals surface area contributed by atoms with Crippen molar-refractivity contribution < 1.29 is 0 Å². The van der Waals surface area contributed by atoms with Crippen LogP contribution < -0.4 is 0 Å². The summed E-state index contributed by atoms with van der Waals surface area (Å²) in [6, 6.07) is 0. The molecule has 24 valence electrons. The van der Waals surface area contributed by atoms with Gasteiger partial charge in [-0.3, -0.25) is 0 Å². The average molecular weight is 392 g/mol. The molecule has 0 fully saturated rings. The zero-order valence-electron chi connectivity index (χ0n) is 1.71. The van der Waals surface area contributed by atoms with Gasteiger partial charge in [0.1, 0.15) is 0 Å². The molecular weight excluding hydrogens is 392 g/mol. The van der Waals surface area contributed by atoms with Crippen LogP contribution in [-0.2, 0) is 0 Å². The topological polar surface area (TPSA) is 0 Å². The average Bonchev–Trinajstić information content (AvgIpc) is 0.811. The third-order valence-corrected chi connectivity index (χ3v) is 0. The molecule has 0 rings (SSSR count). The van der Waals surface area contributed by atoms with Gasteiger partial charge in [0.25, 0.3) is 0 Å². The molecule has 0 aromatic rings. The Morgan fingerprint density at radius 3 is 1.50 bits per heavy atom. The zero-order valence-corrected chi connectivity index (χ0v) is 8.18. The third-order valence-electron chi connectivity index (χ3n) is 0. The van der Waals surface area contributed by atoms with Crippen molar-refractivity contribution in [2.45, 2.75) is 0 Å². The maximum atomic E-state index is 5.24. The number of halogens is 3. The van der Waals surface area contributed by atoms with Crippen LogP contribution in [0, 0.1) is 0 Å². The molecule has 0 bridgehead atoms. The van der Waals surface area contributed by atoms with Crippen LogP contribution in [0.2, 0.25) is 0 Å². The second kappa shape index (κ2) is 3.45. The summed E-state index contributed by atoms with van der Waals surface area (Å²) < 4.78 is 0. The Bertz CT molecular complexity index is 8.00. The van der Waals surface area contributed by atoms with Gasteiger partial charge in [0.2, 0.25) is 0 Å². The van der Waals surface area contributed by atoms with Crippen molar-refractivity contribution in [3.8, 4) is 0 Å². The van der Waals surface area contributed by atoms with Crippen LogP contribution in [0.1, 0.15) is 0 Å². The van der Waals surface area contributed by atoms with E-state index in [2.05, 4.69) is 37.2 Å². The first-order valence-electron chi connectivity index (χ1n) is 0.504. The van der Waals surface area contributed by atoms with E-state index in [0.717, 1.165) is 0 Å². The van der Waals surface area contributed by atoms with Crippen LogP contribution in [0.3, 0.4) is 0 Å². The van der Waals surface area contributed by atoms with Gasteiger partial charge in [0.05, 0.1) is 0 Å². The summed E-state index contributed by atoms with van der Waals surface area (Å²) in [5.74, 6) is 0. The molecule has 0 aliphatic heterocycles. The number of hydrogen-bond acceptors (Lipinski definition) is 0. The molecule has 2 radical (unpaired) electrons. The molecule has 4 heavy (non-hydrogen) atoms. The van der Waals surface area contributed by atoms with Crippen molar-refractivity contribution in [3.63, 3.8) is 0 Å². The van der Waals surface area contributed by atoms with E-state index in [9.17, 15) is 0 Å². The van der Waals surface area contributed by atoms with Gasteiger partial charge in [-0.25, -0.2) is 0 Å². The molecule has 0 heterocycles. The van der Waals surface area contributed by atoms with Gasteiger partial charge in [-0.2, -0.15) is 0 Å².